The van der Waals surface area contributed by atoms with Gasteiger partial charge < -0.3 is 5.32 Å². The van der Waals surface area contributed by atoms with Gasteiger partial charge in [0.1, 0.15) is 0 Å². The Balaban J connectivity index is 1.64. The van der Waals surface area contributed by atoms with Crippen molar-refractivity contribution in [3.63, 3.8) is 0 Å². The van der Waals surface area contributed by atoms with Crippen LogP contribution in [0, 0.1) is 0 Å². The van der Waals surface area contributed by atoms with Gasteiger partial charge in [-0.05, 0) is 35.6 Å². The van der Waals surface area contributed by atoms with Gasteiger partial charge in [-0.15, -0.1) is 11.8 Å². The number of nitrogens with one attached hydrogen (secondary N) is 1. The summed E-state index contributed by atoms with van der Waals surface area (Å²) in [6.07, 6.45) is 0. The minimum absolute atomic E-state index is 0.0427. The van der Waals surface area contributed by atoms with Crippen LogP contribution in [0.3, 0.4) is 0 Å². The molecule has 3 aromatic carbocycles. The van der Waals surface area contributed by atoms with Gasteiger partial charge in [0, 0.05) is 22.6 Å². The quantitative estimate of drug-likeness (QED) is 0.436. The van der Waals surface area contributed by atoms with Crippen molar-refractivity contribution in [1.29, 1.82) is 0 Å². The first-order chi connectivity index (χ1) is 14.7. The van der Waals surface area contributed by atoms with Gasteiger partial charge in [-0.2, -0.15) is 0 Å². The monoisotopic (exact) mass is 431 g/mol. The van der Waals surface area contributed by atoms with Crippen LogP contribution in [-0.2, 0) is 16.0 Å². The fourth-order valence-corrected chi connectivity index (χ4v) is 3.99. The van der Waals surface area contributed by atoms with Crippen molar-refractivity contribution < 1.29 is 9.59 Å². The van der Waals surface area contributed by atoms with E-state index < -0.39 is 0 Å². The van der Waals surface area contributed by atoms with Crippen LogP contribution in [-0.4, -0.2) is 16.9 Å². The molecule has 1 atom stereocenters. The predicted octanol–water partition coefficient (Wildman–Crippen LogP) is 6.48. The molecule has 0 aliphatic rings. The Morgan fingerprint density at radius 1 is 0.871 bits per heavy atom. The Morgan fingerprint density at radius 2 is 1.55 bits per heavy atom. The Labute approximate surface area is 189 Å². The van der Waals surface area contributed by atoms with Crippen LogP contribution >= 0.6 is 11.8 Å². The number of anilines is 1. The van der Waals surface area contributed by atoms with Gasteiger partial charge in [0.2, 0.25) is 5.91 Å². The van der Waals surface area contributed by atoms with Gasteiger partial charge >= 0.3 is 0 Å². The lowest BCUT2D eigenvalue weighted by molar-refractivity contribution is -0.115. The summed E-state index contributed by atoms with van der Waals surface area (Å²) < 4.78 is 0. The molecule has 31 heavy (non-hydrogen) atoms. The van der Waals surface area contributed by atoms with Crippen LogP contribution < -0.4 is 5.32 Å². The third-order valence-corrected chi connectivity index (χ3v) is 6.33. The molecule has 3 nitrogen and oxygen atoms in total. The largest absolute Gasteiger partial charge is 0.325 e. The molecule has 1 amide bonds. The Bertz CT molecular complexity index is 1040. The molecule has 0 spiro atoms. The highest BCUT2D eigenvalue weighted by Crippen LogP contribution is 2.24. The van der Waals surface area contributed by atoms with E-state index in [1.807, 2.05) is 55.5 Å². The Hall–Kier alpha value is -2.85. The van der Waals surface area contributed by atoms with Crippen molar-refractivity contribution in [2.24, 2.45) is 0 Å². The summed E-state index contributed by atoms with van der Waals surface area (Å²) in [7, 11) is 0. The number of hydrogen-bond acceptors (Lipinski definition) is 3. The van der Waals surface area contributed by atoms with E-state index >= 15 is 0 Å². The normalized spacial score (nSPS) is 12.3. The van der Waals surface area contributed by atoms with E-state index in [-0.39, 0.29) is 22.4 Å². The summed E-state index contributed by atoms with van der Waals surface area (Å²) in [5.41, 5.74) is 4.26. The third kappa shape index (κ3) is 6.31. The molecule has 4 heteroatoms. The first kappa shape index (κ1) is 22.8. The molecule has 0 aliphatic carbocycles. The minimum atomic E-state index is -0.204. The van der Waals surface area contributed by atoms with E-state index in [1.54, 1.807) is 30.0 Å². The predicted molar refractivity (Wildman–Crippen MR) is 131 cm³/mol. The molecule has 160 valence electrons. The van der Waals surface area contributed by atoms with Gasteiger partial charge in [0.05, 0.1) is 5.25 Å². The summed E-state index contributed by atoms with van der Waals surface area (Å²) in [6, 6.07) is 25.0. The molecular weight excluding hydrogens is 402 g/mol. The molecule has 0 unspecified atom stereocenters. The zero-order valence-corrected chi connectivity index (χ0v) is 19.3. The molecule has 3 rings (SSSR count). The van der Waals surface area contributed by atoms with Gasteiger partial charge in [-0.25, -0.2) is 0 Å². The van der Waals surface area contributed by atoms with E-state index in [2.05, 4.69) is 38.2 Å². The average molecular weight is 432 g/mol. The topological polar surface area (TPSA) is 46.2 Å². The molecular formula is C27H29NO2S. The zero-order valence-electron chi connectivity index (χ0n) is 18.5. The Kier molecular flexibility index (Phi) is 7.34. The van der Waals surface area contributed by atoms with Gasteiger partial charge in [0.25, 0.3) is 0 Å². The zero-order chi connectivity index (χ0) is 22.4. The SMILES string of the molecule is C[C@@H](SCc1ccccc1)C(=O)Nc1cccc(C(=O)c2ccc(C(C)(C)C)cc2)c1. The molecule has 0 heterocycles. The molecule has 0 fully saturated rings. The number of rotatable bonds is 7. The molecule has 0 bridgehead atoms. The molecule has 0 saturated carbocycles. The summed E-state index contributed by atoms with van der Waals surface area (Å²) in [5, 5.41) is 2.74. The lowest BCUT2D eigenvalue weighted by atomic mass is 9.86. The minimum Gasteiger partial charge on any atom is -0.325 e. The maximum absolute atomic E-state index is 12.9. The van der Waals surface area contributed by atoms with E-state index in [4.69, 9.17) is 0 Å². The van der Waals surface area contributed by atoms with Crippen molar-refractivity contribution in [3.8, 4) is 0 Å². The fraction of sp³-hybridized carbons (Fsp3) is 0.259. The van der Waals surface area contributed by atoms with Crippen molar-refractivity contribution in [3.05, 3.63) is 101 Å². The molecule has 1 N–H and O–H groups in total. The maximum atomic E-state index is 12.9. The van der Waals surface area contributed by atoms with E-state index in [0.29, 0.717) is 16.8 Å². The summed E-state index contributed by atoms with van der Waals surface area (Å²) in [6.45, 7) is 8.34. The van der Waals surface area contributed by atoms with Crippen molar-refractivity contribution in [1.82, 2.24) is 0 Å². The highest BCUT2D eigenvalue weighted by molar-refractivity contribution is 7.99. The molecule has 0 saturated heterocycles. The van der Waals surface area contributed by atoms with Crippen LogP contribution in [0.1, 0.15) is 54.7 Å². The lowest BCUT2D eigenvalue weighted by Gasteiger charge is -2.19. The highest BCUT2D eigenvalue weighted by Gasteiger charge is 2.17. The van der Waals surface area contributed by atoms with Crippen molar-refractivity contribution in [2.45, 2.75) is 44.1 Å². The number of amides is 1. The van der Waals surface area contributed by atoms with Crippen LogP contribution in [0.4, 0.5) is 5.69 Å². The van der Waals surface area contributed by atoms with Gasteiger partial charge in [-0.3, -0.25) is 9.59 Å². The first-order valence-corrected chi connectivity index (χ1v) is 11.5. The standard InChI is InChI=1S/C27H29NO2S/c1-19(31-18-20-9-6-5-7-10-20)26(30)28-24-12-8-11-22(17-24)25(29)21-13-15-23(16-14-21)27(2,3)4/h5-17,19H,18H2,1-4H3,(H,28,30)/t19-/m1/s1. The number of carbonyl (C=O) groups excluding carboxylic acids is 2. The lowest BCUT2D eigenvalue weighted by Crippen LogP contribution is -2.22. The molecule has 0 aliphatic heterocycles. The number of thioether (sulfide) groups is 1. The van der Waals surface area contributed by atoms with Crippen LogP contribution in [0.15, 0.2) is 78.9 Å². The molecule has 0 radical (unpaired) electrons. The number of ketones is 1. The third-order valence-electron chi connectivity index (χ3n) is 5.12. The molecule has 3 aromatic rings. The summed E-state index contributed by atoms with van der Waals surface area (Å²) in [5.74, 6) is 0.654. The second kappa shape index (κ2) is 9.97. The van der Waals surface area contributed by atoms with Gasteiger partial charge in [-0.1, -0.05) is 87.5 Å². The number of benzene rings is 3. The van der Waals surface area contributed by atoms with Crippen molar-refractivity contribution in [2.75, 3.05) is 5.32 Å². The molecule has 0 aromatic heterocycles. The second-order valence-electron chi connectivity index (χ2n) is 8.67. The first-order valence-electron chi connectivity index (χ1n) is 10.5. The van der Waals surface area contributed by atoms with Crippen molar-refractivity contribution >= 4 is 29.1 Å². The van der Waals surface area contributed by atoms with Gasteiger partial charge in [0.15, 0.2) is 5.78 Å². The van der Waals surface area contributed by atoms with E-state index in [9.17, 15) is 9.59 Å². The smallest absolute Gasteiger partial charge is 0.237 e. The summed E-state index contributed by atoms with van der Waals surface area (Å²) in [4.78, 5) is 25.5. The van der Waals surface area contributed by atoms with E-state index in [1.165, 1.54) is 11.1 Å². The van der Waals surface area contributed by atoms with Crippen LogP contribution in [0.2, 0.25) is 0 Å². The van der Waals surface area contributed by atoms with Crippen LogP contribution in [0.5, 0.6) is 0 Å². The fourth-order valence-electron chi connectivity index (χ4n) is 3.14. The number of carbonyl (C=O) groups is 2. The second-order valence-corrected chi connectivity index (χ2v) is 9.99. The number of hydrogen-bond donors (Lipinski definition) is 1. The highest BCUT2D eigenvalue weighted by atomic mass is 32.2. The average Bonchev–Trinajstić information content (AvgIpc) is 2.77. The summed E-state index contributed by atoms with van der Waals surface area (Å²) >= 11 is 1.59. The van der Waals surface area contributed by atoms with Crippen LogP contribution in [0.25, 0.3) is 0 Å². The maximum Gasteiger partial charge on any atom is 0.237 e. The van der Waals surface area contributed by atoms with E-state index in [0.717, 1.165) is 5.75 Å². The Morgan fingerprint density at radius 3 is 2.19 bits per heavy atom.